The summed E-state index contributed by atoms with van der Waals surface area (Å²) in [4.78, 5) is 24.1. The Bertz CT molecular complexity index is 756. The van der Waals surface area contributed by atoms with Crippen molar-refractivity contribution in [2.75, 3.05) is 5.01 Å². The Hall–Kier alpha value is -2.60. The van der Waals surface area contributed by atoms with E-state index in [0.29, 0.717) is 5.76 Å². The first-order valence-corrected chi connectivity index (χ1v) is 6.30. The first-order valence-electron chi connectivity index (χ1n) is 5.92. The van der Waals surface area contributed by atoms with Crippen LogP contribution in [0.3, 0.4) is 0 Å². The number of furan rings is 1. The van der Waals surface area contributed by atoms with Gasteiger partial charge in [-0.3, -0.25) is 15.0 Å². The highest BCUT2D eigenvalue weighted by Gasteiger charge is 2.34. The summed E-state index contributed by atoms with van der Waals surface area (Å²) in [5.41, 5.74) is 2.57. The van der Waals surface area contributed by atoms with E-state index in [1.165, 1.54) is 24.5 Å². The first kappa shape index (κ1) is 13.4. The summed E-state index contributed by atoms with van der Waals surface area (Å²) in [6, 6.07) is 6.97. The number of amides is 2. The average molecular weight is 307 g/mol. The molecule has 1 aromatic carbocycles. The van der Waals surface area contributed by atoms with Crippen LogP contribution in [0.1, 0.15) is 5.76 Å². The smallest absolute Gasteiger partial charge is 0.282 e. The maximum Gasteiger partial charge on any atom is 0.282 e. The fourth-order valence-electron chi connectivity index (χ4n) is 1.88. The molecule has 2 heterocycles. The molecule has 1 N–H and O–H groups in total. The SMILES string of the molecule is O=C1NN(c2ccc(F)c(Cl)c2)C(=O)/C1=C/c1ccco1. The minimum atomic E-state index is -0.607. The van der Waals surface area contributed by atoms with E-state index in [-0.39, 0.29) is 16.3 Å². The first-order chi connectivity index (χ1) is 10.1. The van der Waals surface area contributed by atoms with Crippen LogP contribution in [0.4, 0.5) is 10.1 Å². The van der Waals surface area contributed by atoms with Crippen LogP contribution >= 0.6 is 11.6 Å². The van der Waals surface area contributed by atoms with E-state index in [1.54, 1.807) is 12.1 Å². The molecule has 0 saturated carbocycles. The standard InChI is InChI=1S/C14H8ClFN2O3/c15-11-6-8(3-4-12(11)16)18-14(20)10(13(19)17-18)7-9-2-1-5-21-9/h1-7H,(H,17,19)/b10-7+. The molecule has 0 radical (unpaired) electrons. The predicted octanol–water partition coefficient (Wildman–Crippen LogP) is 2.53. The van der Waals surface area contributed by atoms with Crippen molar-refractivity contribution >= 4 is 35.2 Å². The number of halogens is 2. The van der Waals surface area contributed by atoms with Gasteiger partial charge in [-0.05, 0) is 36.4 Å². The predicted molar refractivity (Wildman–Crippen MR) is 73.7 cm³/mol. The van der Waals surface area contributed by atoms with Gasteiger partial charge in [-0.1, -0.05) is 11.6 Å². The summed E-state index contributed by atoms with van der Waals surface area (Å²) in [7, 11) is 0. The minimum absolute atomic E-state index is 0.0783. The van der Waals surface area contributed by atoms with Crippen molar-refractivity contribution in [3.8, 4) is 0 Å². The third-order valence-electron chi connectivity index (χ3n) is 2.88. The molecule has 0 spiro atoms. The van der Waals surface area contributed by atoms with E-state index in [9.17, 15) is 14.0 Å². The zero-order valence-electron chi connectivity index (χ0n) is 10.5. The van der Waals surface area contributed by atoms with Crippen LogP contribution in [0.15, 0.2) is 46.6 Å². The Morgan fingerprint density at radius 1 is 1.29 bits per heavy atom. The van der Waals surface area contributed by atoms with Crippen molar-refractivity contribution < 1.29 is 18.4 Å². The van der Waals surface area contributed by atoms with Gasteiger partial charge < -0.3 is 4.42 Å². The Morgan fingerprint density at radius 2 is 2.10 bits per heavy atom. The molecule has 7 heteroatoms. The van der Waals surface area contributed by atoms with Crippen LogP contribution in [0.2, 0.25) is 5.02 Å². The molecule has 0 atom stereocenters. The molecule has 0 unspecified atom stereocenters. The highest BCUT2D eigenvalue weighted by molar-refractivity contribution is 6.33. The van der Waals surface area contributed by atoms with Crippen LogP contribution in [0.25, 0.3) is 6.08 Å². The number of benzene rings is 1. The van der Waals surface area contributed by atoms with E-state index in [2.05, 4.69) is 5.43 Å². The zero-order valence-corrected chi connectivity index (χ0v) is 11.2. The van der Waals surface area contributed by atoms with Gasteiger partial charge in [-0.2, -0.15) is 0 Å². The Kier molecular flexibility index (Phi) is 3.23. The number of nitrogens with one attached hydrogen (secondary N) is 1. The molecule has 5 nitrogen and oxygen atoms in total. The number of nitrogens with zero attached hydrogens (tertiary/aromatic N) is 1. The van der Waals surface area contributed by atoms with Crippen LogP contribution in [-0.4, -0.2) is 11.8 Å². The molecule has 1 aliphatic rings. The summed E-state index contributed by atoms with van der Waals surface area (Å²) < 4.78 is 18.2. The Balaban J connectivity index is 1.95. The number of carbonyl (C=O) groups excluding carboxylic acids is 2. The third kappa shape index (κ3) is 2.41. The second-order valence-corrected chi connectivity index (χ2v) is 4.66. The van der Waals surface area contributed by atoms with Gasteiger partial charge in [-0.25, -0.2) is 9.40 Å². The van der Waals surface area contributed by atoms with Crippen LogP contribution in [-0.2, 0) is 9.59 Å². The highest BCUT2D eigenvalue weighted by atomic mass is 35.5. The molecule has 21 heavy (non-hydrogen) atoms. The second-order valence-electron chi connectivity index (χ2n) is 4.25. The molecule has 2 amide bonds. The molecular formula is C14H8ClFN2O3. The molecule has 2 aromatic rings. The van der Waals surface area contributed by atoms with Crippen LogP contribution in [0, 0.1) is 5.82 Å². The van der Waals surface area contributed by atoms with Crippen molar-refractivity contribution in [2.45, 2.75) is 0 Å². The van der Waals surface area contributed by atoms with Crippen LogP contribution in [0.5, 0.6) is 0 Å². The van der Waals surface area contributed by atoms with E-state index in [0.717, 1.165) is 11.1 Å². The normalized spacial score (nSPS) is 16.7. The van der Waals surface area contributed by atoms with Gasteiger partial charge in [0, 0.05) is 0 Å². The summed E-state index contributed by atoms with van der Waals surface area (Å²) in [6.07, 6.45) is 2.77. The van der Waals surface area contributed by atoms with Gasteiger partial charge in [0.2, 0.25) is 0 Å². The lowest BCUT2D eigenvalue weighted by atomic mass is 10.2. The van der Waals surface area contributed by atoms with Gasteiger partial charge in [0.15, 0.2) is 0 Å². The lowest BCUT2D eigenvalue weighted by molar-refractivity contribution is -0.117. The fraction of sp³-hybridized carbons (Fsp3) is 0. The number of hydrazine groups is 1. The topological polar surface area (TPSA) is 62.6 Å². The van der Waals surface area contributed by atoms with E-state index < -0.39 is 17.6 Å². The second kappa shape index (κ2) is 5.06. The number of rotatable bonds is 2. The average Bonchev–Trinajstić information content (AvgIpc) is 3.06. The maximum absolute atomic E-state index is 13.1. The monoisotopic (exact) mass is 306 g/mol. The number of hydrogen-bond donors (Lipinski definition) is 1. The Morgan fingerprint density at radius 3 is 2.76 bits per heavy atom. The van der Waals surface area contributed by atoms with Crippen molar-refractivity contribution in [2.24, 2.45) is 0 Å². The summed E-state index contributed by atoms with van der Waals surface area (Å²) >= 11 is 5.67. The number of carbonyl (C=O) groups is 2. The zero-order chi connectivity index (χ0) is 15.0. The van der Waals surface area contributed by atoms with Crippen molar-refractivity contribution in [3.05, 3.63) is 58.8 Å². The number of anilines is 1. The lowest BCUT2D eigenvalue weighted by Crippen LogP contribution is -2.35. The summed E-state index contributed by atoms with van der Waals surface area (Å²) in [5.74, 6) is -1.37. The van der Waals surface area contributed by atoms with Crippen molar-refractivity contribution in [1.29, 1.82) is 0 Å². The summed E-state index contributed by atoms with van der Waals surface area (Å²) in [6.45, 7) is 0. The molecular weight excluding hydrogens is 299 g/mol. The molecule has 106 valence electrons. The molecule has 1 aliphatic heterocycles. The van der Waals surface area contributed by atoms with E-state index in [1.807, 2.05) is 0 Å². The maximum atomic E-state index is 13.1. The van der Waals surface area contributed by atoms with E-state index >= 15 is 0 Å². The lowest BCUT2D eigenvalue weighted by Gasteiger charge is -2.14. The molecule has 3 rings (SSSR count). The van der Waals surface area contributed by atoms with Crippen LogP contribution < -0.4 is 10.4 Å². The fourth-order valence-corrected chi connectivity index (χ4v) is 2.05. The van der Waals surface area contributed by atoms with E-state index in [4.69, 9.17) is 16.0 Å². The molecule has 1 fully saturated rings. The summed E-state index contributed by atoms with van der Waals surface area (Å²) in [5, 5.41) is 0.862. The molecule has 1 aromatic heterocycles. The van der Waals surface area contributed by atoms with Crippen molar-refractivity contribution in [1.82, 2.24) is 5.43 Å². The van der Waals surface area contributed by atoms with Gasteiger partial charge in [0.05, 0.1) is 17.0 Å². The van der Waals surface area contributed by atoms with Gasteiger partial charge in [0.25, 0.3) is 11.8 Å². The Labute approximate surface area is 123 Å². The number of hydrogen-bond acceptors (Lipinski definition) is 3. The largest absolute Gasteiger partial charge is 0.465 e. The third-order valence-corrected chi connectivity index (χ3v) is 3.17. The van der Waals surface area contributed by atoms with Gasteiger partial charge >= 0.3 is 0 Å². The minimum Gasteiger partial charge on any atom is -0.465 e. The van der Waals surface area contributed by atoms with Crippen molar-refractivity contribution in [3.63, 3.8) is 0 Å². The van der Waals surface area contributed by atoms with Gasteiger partial charge in [0.1, 0.15) is 17.2 Å². The highest BCUT2D eigenvalue weighted by Crippen LogP contribution is 2.25. The van der Waals surface area contributed by atoms with Gasteiger partial charge in [-0.15, -0.1) is 0 Å². The molecule has 0 bridgehead atoms. The molecule has 0 aliphatic carbocycles. The quantitative estimate of drug-likeness (QED) is 0.685. The molecule has 1 saturated heterocycles.